The number of nitrogens with two attached hydrogens (primary N) is 1. The Bertz CT molecular complexity index is 880. The van der Waals surface area contributed by atoms with E-state index < -0.39 is 23.9 Å². The van der Waals surface area contributed by atoms with Gasteiger partial charge < -0.3 is 10.3 Å². The molecule has 0 spiro atoms. The maximum absolute atomic E-state index is 12.5. The fourth-order valence-electron chi connectivity index (χ4n) is 1.87. The molecular formula is C15H11Cl2F3N4O4. The summed E-state index contributed by atoms with van der Waals surface area (Å²) in [5.74, 6) is -4.09. The normalized spacial score (nSPS) is 11.2. The molecule has 8 nitrogen and oxygen atoms in total. The molecule has 1 aromatic heterocycles. The van der Waals surface area contributed by atoms with E-state index in [4.69, 9.17) is 33.8 Å². The third kappa shape index (κ3) is 5.94. The van der Waals surface area contributed by atoms with Gasteiger partial charge in [-0.1, -0.05) is 52.6 Å². The number of amides is 2. The standard InChI is InChI=1S/C15H11Cl2F3N4O4/c16-10(17)5-6-27-24(13(26)11(21)25)7-8-1-3-9(4-2-8)12-22-14(28-23-12)15(18,19)20/h1-5H,6-7H2,(H2,21,25). The van der Waals surface area contributed by atoms with E-state index in [1.165, 1.54) is 30.3 Å². The van der Waals surface area contributed by atoms with E-state index in [1.54, 1.807) is 0 Å². The molecule has 28 heavy (non-hydrogen) atoms. The molecule has 2 N–H and O–H groups in total. The fourth-order valence-corrected chi connectivity index (χ4v) is 2.00. The summed E-state index contributed by atoms with van der Waals surface area (Å²) in [6.45, 7) is -0.391. The summed E-state index contributed by atoms with van der Waals surface area (Å²) >= 11 is 10.9. The van der Waals surface area contributed by atoms with Gasteiger partial charge in [-0.3, -0.25) is 14.4 Å². The molecule has 150 valence electrons. The summed E-state index contributed by atoms with van der Waals surface area (Å²) in [6.07, 6.45) is -3.51. The minimum atomic E-state index is -4.75. The van der Waals surface area contributed by atoms with Gasteiger partial charge in [-0.15, -0.1) is 0 Å². The van der Waals surface area contributed by atoms with Crippen molar-refractivity contribution in [1.29, 1.82) is 0 Å². The van der Waals surface area contributed by atoms with Crippen LogP contribution in [0, 0.1) is 0 Å². The van der Waals surface area contributed by atoms with Gasteiger partial charge in [0.1, 0.15) is 4.49 Å². The minimum absolute atomic E-state index is 0.103. The summed E-state index contributed by atoms with van der Waals surface area (Å²) in [5.41, 5.74) is 5.68. The molecule has 0 saturated heterocycles. The summed E-state index contributed by atoms with van der Waals surface area (Å²) < 4.78 is 41.6. The van der Waals surface area contributed by atoms with Crippen molar-refractivity contribution in [3.63, 3.8) is 0 Å². The second kappa shape index (κ2) is 9.04. The Balaban J connectivity index is 2.13. The number of hydrogen-bond acceptors (Lipinski definition) is 6. The molecule has 0 aliphatic rings. The number of hydrogen-bond donors (Lipinski definition) is 1. The first-order chi connectivity index (χ1) is 13.1. The highest BCUT2D eigenvalue weighted by Crippen LogP contribution is 2.29. The Hall–Kier alpha value is -2.63. The van der Waals surface area contributed by atoms with Crippen molar-refractivity contribution in [2.75, 3.05) is 6.61 Å². The van der Waals surface area contributed by atoms with Crippen LogP contribution in [0.3, 0.4) is 0 Å². The first-order valence-corrected chi connectivity index (χ1v) is 8.09. The van der Waals surface area contributed by atoms with Crippen molar-refractivity contribution in [2.45, 2.75) is 12.7 Å². The van der Waals surface area contributed by atoms with Gasteiger partial charge in [-0.2, -0.15) is 18.2 Å². The highest BCUT2D eigenvalue weighted by Gasteiger charge is 2.38. The molecule has 2 aromatic rings. The van der Waals surface area contributed by atoms with E-state index in [0.29, 0.717) is 10.6 Å². The SMILES string of the molecule is NC(=O)C(=O)N(Cc1ccc(-c2noc(C(F)(F)F)n2)cc1)OCC=C(Cl)Cl. The van der Waals surface area contributed by atoms with Crippen LogP contribution in [-0.2, 0) is 27.1 Å². The van der Waals surface area contributed by atoms with Crippen molar-refractivity contribution in [2.24, 2.45) is 5.73 Å². The predicted octanol–water partition coefficient (Wildman–Crippen LogP) is 2.82. The Labute approximate surface area is 165 Å². The van der Waals surface area contributed by atoms with Crippen molar-refractivity contribution < 1.29 is 32.1 Å². The van der Waals surface area contributed by atoms with Crippen LogP contribution >= 0.6 is 23.2 Å². The van der Waals surface area contributed by atoms with Gasteiger partial charge in [0.25, 0.3) is 0 Å². The number of primary amides is 1. The van der Waals surface area contributed by atoms with E-state index in [0.717, 1.165) is 0 Å². The number of benzene rings is 1. The molecule has 2 rings (SSSR count). The summed E-state index contributed by atoms with van der Waals surface area (Å²) in [4.78, 5) is 31.3. The second-order valence-corrected chi connectivity index (χ2v) is 6.12. The summed E-state index contributed by atoms with van der Waals surface area (Å²) in [5, 5.41) is 3.96. The van der Waals surface area contributed by atoms with Crippen LogP contribution in [0.25, 0.3) is 11.4 Å². The van der Waals surface area contributed by atoms with Crippen LogP contribution in [0.5, 0.6) is 0 Å². The number of rotatable bonds is 6. The van der Waals surface area contributed by atoms with Crippen LogP contribution in [0.15, 0.2) is 39.4 Å². The Morgan fingerprint density at radius 2 is 1.89 bits per heavy atom. The molecule has 0 aliphatic heterocycles. The van der Waals surface area contributed by atoms with Crippen LogP contribution < -0.4 is 5.73 Å². The third-order valence-corrected chi connectivity index (χ3v) is 3.42. The van der Waals surface area contributed by atoms with Gasteiger partial charge in [0, 0.05) is 5.56 Å². The third-order valence-electron chi connectivity index (χ3n) is 3.11. The number of carbonyl (C=O) groups excluding carboxylic acids is 2. The average molecular weight is 439 g/mol. The number of carbonyl (C=O) groups is 2. The van der Waals surface area contributed by atoms with E-state index in [9.17, 15) is 22.8 Å². The lowest BCUT2D eigenvalue weighted by molar-refractivity contribution is -0.187. The first kappa shape index (κ1) is 21.7. The number of halogens is 5. The molecule has 1 heterocycles. The lowest BCUT2D eigenvalue weighted by Gasteiger charge is -2.19. The Morgan fingerprint density at radius 1 is 1.25 bits per heavy atom. The zero-order valence-corrected chi connectivity index (χ0v) is 15.3. The molecule has 13 heteroatoms. The number of alkyl halides is 3. The Kier molecular flexibility index (Phi) is 7.00. The molecule has 0 bridgehead atoms. The van der Waals surface area contributed by atoms with Gasteiger partial charge in [-0.25, -0.2) is 5.06 Å². The number of hydroxylamine groups is 2. The van der Waals surface area contributed by atoms with Crippen molar-refractivity contribution >= 4 is 35.0 Å². The van der Waals surface area contributed by atoms with Gasteiger partial charge in [0.15, 0.2) is 0 Å². The van der Waals surface area contributed by atoms with Crippen molar-refractivity contribution in [3.05, 3.63) is 46.3 Å². The van der Waals surface area contributed by atoms with E-state index in [2.05, 4.69) is 14.7 Å². The van der Waals surface area contributed by atoms with Crippen molar-refractivity contribution in [3.8, 4) is 11.4 Å². The molecule has 0 fully saturated rings. The monoisotopic (exact) mass is 438 g/mol. The lowest BCUT2D eigenvalue weighted by atomic mass is 10.1. The minimum Gasteiger partial charge on any atom is -0.361 e. The van der Waals surface area contributed by atoms with Gasteiger partial charge in [-0.05, 0) is 11.6 Å². The second-order valence-electron chi connectivity index (χ2n) is 5.11. The zero-order valence-electron chi connectivity index (χ0n) is 13.7. The first-order valence-electron chi connectivity index (χ1n) is 7.33. The molecule has 0 aliphatic carbocycles. The van der Waals surface area contributed by atoms with Crippen LogP contribution in [0.2, 0.25) is 0 Å². The topological polar surface area (TPSA) is 112 Å². The number of aromatic nitrogens is 2. The van der Waals surface area contributed by atoms with Gasteiger partial charge >= 0.3 is 23.9 Å². The quantitative estimate of drug-likeness (QED) is 0.548. The molecule has 0 radical (unpaired) electrons. The van der Waals surface area contributed by atoms with Crippen LogP contribution in [0.1, 0.15) is 11.5 Å². The Morgan fingerprint density at radius 3 is 2.39 bits per heavy atom. The summed E-state index contributed by atoms with van der Waals surface area (Å²) in [6, 6.07) is 5.74. The van der Waals surface area contributed by atoms with Crippen molar-refractivity contribution in [1.82, 2.24) is 15.2 Å². The molecule has 2 amide bonds. The maximum Gasteiger partial charge on any atom is 0.471 e. The molecule has 0 unspecified atom stereocenters. The molecular weight excluding hydrogens is 428 g/mol. The zero-order chi connectivity index (χ0) is 20.9. The summed E-state index contributed by atoms with van der Waals surface area (Å²) in [7, 11) is 0. The average Bonchev–Trinajstić information content (AvgIpc) is 3.11. The largest absolute Gasteiger partial charge is 0.471 e. The highest BCUT2D eigenvalue weighted by atomic mass is 35.5. The highest BCUT2D eigenvalue weighted by molar-refractivity contribution is 6.55. The molecule has 0 atom stereocenters. The maximum atomic E-state index is 12.5. The number of nitrogens with zero attached hydrogens (tertiary/aromatic N) is 3. The molecule has 1 aromatic carbocycles. The van der Waals surface area contributed by atoms with Gasteiger partial charge in [0.05, 0.1) is 13.2 Å². The van der Waals surface area contributed by atoms with Gasteiger partial charge in [0.2, 0.25) is 5.82 Å². The van der Waals surface area contributed by atoms with Crippen LogP contribution in [-0.4, -0.2) is 33.6 Å². The van der Waals surface area contributed by atoms with E-state index in [-0.39, 0.29) is 29.0 Å². The van der Waals surface area contributed by atoms with Crippen LogP contribution in [0.4, 0.5) is 13.2 Å². The van der Waals surface area contributed by atoms with E-state index in [1.807, 2.05) is 0 Å². The fraction of sp³-hybridized carbons (Fsp3) is 0.200. The smallest absolute Gasteiger partial charge is 0.361 e. The molecule has 0 saturated carbocycles. The predicted molar refractivity (Wildman–Crippen MR) is 90.2 cm³/mol. The lowest BCUT2D eigenvalue weighted by Crippen LogP contribution is -2.40. The van der Waals surface area contributed by atoms with E-state index >= 15 is 0 Å².